The molecule has 1 N–H and O–H groups in total. The lowest BCUT2D eigenvalue weighted by Gasteiger charge is -2.33. The largest absolute Gasteiger partial charge is 0.384 e. The van der Waals surface area contributed by atoms with Gasteiger partial charge in [-0.1, -0.05) is 6.07 Å². The summed E-state index contributed by atoms with van der Waals surface area (Å²) in [5.41, 5.74) is 0.721. The maximum atomic E-state index is 12.6. The third-order valence-electron chi connectivity index (χ3n) is 5.07. The molecule has 3 rings (SSSR count). The van der Waals surface area contributed by atoms with Crippen molar-refractivity contribution in [1.82, 2.24) is 15.2 Å². The molecule has 0 atom stereocenters. The number of piperidine rings is 1. The molecule has 2 fully saturated rings. The number of carbonyl (C=O) groups is 2. The molecule has 0 spiro atoms. The van der Waals surface area contributed by atoms with Gasteiger partial charge in [-0.2, -0.15) is 0 Å². The van der Waals surface area contributed by atoms with Gasteiger partial charge in [0.1, 0.15) is 0 Å². The van der Waals surface area contributed by atoms with Crippen LogP contribution in [0.5, 0.6) is 0 Å². The average molecular weight is 331 g/mol. The number of ether oxygens (including phenoxy) is 1. The Hall–Kier alpha value is -1.95. The summed E-state index contributed by atoms with van der Waals surface area (Å²) in [7, 11) is 1.65. The standard InChI is InChI=1S/C18H25N3O3/c1-24-13-18(6-7-18)17(23)21-9-4-15(5-10-21)16(22)20-12-14-3-2-8-19-11-14/h2-3,8,11,15H,4-7,9-10,12-13H2,1H3,(H,20,22). The zero-order valence-electron chi connectivity index (χ0n) is 14.2. The highest BCUT2D eigenvalue weighted by atomic mass is 16.5. The normalized spacial score (nSPS) is 19.8. The Morgan fingerprint density at radius 2 is 2.12 bits per heavy atom. The number of hydrogen-bond acceptors (Lipinski definition) is 4. The summed E-state index contributed by atoms with van der Waals surface area (Å²) >= 11 is 0. The van der Waals surface area contributed by atoms with Gasteiger partial charge in [0.15, 0.2) is 0 Å². The number of hydrogen-bond donors (Lipinski definition) is 1. The monoisotopic (exact) mass is 331 g/mol. The number of rotatable bonds is 6. The van der Waals surface area contributed by atoms with Gasteiger partial charge in [0.25, 0.3) is 0 Å². The van der Waals surface area contributed by atoms with E-state index in [9.17, 15) is 9.59 Å². The summed E-state index contributed by atoms with van der Waals surface area (Å²) in [6.07, 6.45) is 6.78. The first-order chi connectivity index (χ1) is 11.6. The first-order valence-corrected chi connectivity index (χ1v) is 8.59. The van der Waals surface area contributed by atoms with Crippen LogP contribution < -0.4 is 5.32 Å². The minimum absolute atomic E-state index is 0.0108. The summed E-state index contributed by atoms with van der Waals surface area (Å²) in [5, 5.41) is 2.97. The van der Waals surface area contributed by atoms with Crippen molar-refractivity contribution >= 4 is 11.8 Å². The maximum Gasteiger partial charge on any atom is 0.231 e. The van der Waals surface area contributed by atoms with E-state index in [2.05, 4.69) is 10.3 Å². The predicted octanol–water partition coefficient (Wildman–Crippen LogP) is 1.36. The first-order valence-electron chi connectivity index (χ1n) is 8.59. The van der Waals surface area contributed by atoms with Crippen LogP contribution >= 0.6 is 0 Å². The van der Waals surface area contributed by atoms with Gasteiger partial charge in [0.2, 0.25) is 11.8 Å². The minimum Gasteiger partial charge on any atom is -0.384 e. The highest BCUT2D eigenvalue weighted by Crippen LogP contribution is 2.47. The highest BCUT2D eigenvalue weighted by molar-refractivity contribution is 5.86. The third-order valence-corrected chi connectivity index (χ3v) is 5.07. The van der Waals surface area contributed by atoms with Crippen LogP contribution in [0.2, 0.25) is 0 Å². The zero-order valence-corrected chi connectivity index (χ0v) is 14.2. The van der Waals surface area contributed by atoms with E-state index in [0.717, 1.165) is 31.2 Å². The average Bonchev–Trinajstić information content (AvgIpc) is 3.41. The molecular weight excluding hydrogens is 306 g/mol. The molecule has 24 heavy (non-hydrogen) atoms. The second-order valence-corrected chi connectivity index (χ2v) is 6.86. The summed E-state index contributed by atoms with van der Waals surface area (Å²) < 4.78 is 5.20. The van der Waals surface area contributed by atoms with Crippen molar-refractivity contribution in [1.29, 1.82) is 0 Å². The molecule has 1 saturated carbocycles. The fraction of sp³-hybridized carbons (Fsp3) is 0.611. The fourth-order valence-electron chi connectivity index (χ4n) is 3.36. The Balaban J connectivity index is 1.45. The summed E-state index contributed by atoms with van der Waals surface area (Å²) in [6, 6.07) is 3.80. The van der Waals surface area contributed by atoms with Crippen molar-refractivity contribution in [2.24, 2.45) is 11.3 Å². The van der Waals surface area contributed by atoms with Gasteiger partial charge in [-0.05, 0) is 37.3 Å². The van der Waals surface area contributed by atoms with Gasteiger partial charge >= 0.3 is 0 Å². The van der Waals surface area contributed by atoms with Crippen LogP contribution in [0, 0.1) is 11.3 Å². The lowest BCUT2D eigenvalue weighted by atomic mass is 9.94. The molecule has 130 valence electrons. The molecule has 1 aliphatic carbocycles. The molecule has 1 saturated heterocycles. The van der Waals surface area contributed by atoms with E-state index in [1.165, 1.54) is 0 Å². The van der Waals surface area contributed by atoms with Crippen molar-refractivity contribution in [2.75, 3.05) is 26.8 Å². The van der Waals surface area contributed by atoms with E-state index in [1.54, 1.807) is 19.5 Å². The lowest BCUT2D eigenvalue weighted by molar-refractivity contribution is -0.142. The van der Waals surface area contributed by atoms with Crippen LogP contribution in [0.1, 0.15) is 31.2 Å². The number of aromatic nitrogens is 1. The molecule has 1 aliphatic heterocycles. The van der Waals surface area contributed by atoms with Gasteiger partial charge in [0.05, 0.1) is 12.0 Å². The minimum atomic E-state index is -0.274. The molecule has 2 heterocycles. The Bertz CT molecular complexity index is 578. The Labute approximate surface area is 142 Å². The van der Waals surface area contributed by atoms with Crippen molar-refractivity contribution in [2.45, 2.75) is 32.2 Å². The van der Waals surface area contributed by atoms with Crippen molar-refractivity contribution in [3.05, 3.63) is 30.1 Å². The van der Waals surface area contributed by atoms with Crippen molar-refractivity contribution in [3.63, 3.8) is 0 Å². The van der Waals surface area contributed by atoms with E-state index in [-0.39, 0.29) is 23.1 Å². The Morgan fingerprint density at radius 1 is 1.38 bits per heavy atom. The van der Waals surface area contributed by atoms with E-state index in [0.29, 0.717) is 26.2 Å². The Kier molecular flexibility index (Phi) is 5.14. The van der Waals surface area contributed by atoms with Crippen LogP contribution in [-0.2, 0) is 20.9 Å². The molecular formula is C18H25N3O3. The number of nitrogens with one attached hydrogen (secondary N) is 1. The molecule has 1 aromatic rings. The van der Waals surface area contributed by atoms with Crippen LogP contribution in [0.25, 0.3) is 0 Å². The molecule has 6 nitrogen and oxygen atoms in total. The van der Waals surface area contributed by atoms with Gasteiger partial charge < -0.3 is 15.0 Å². The third kappa shape index (κ3) is 3.75. The van der Waals surface area contributed by atoms with Crippen LogP contribution in [0.3, 0.4) is 0 Å². The summed E-state index contributed by atoms with van der Waals surface area (Å²) in [6.45, 7) is 2.34. The molecule has 0 bridgehead atoms. The molecule has 0 unspecified atom stereocenters. The number of pyridine rings is 1. The smallest absolute Gasteiger partial charge is 0.231 e. The molecule has 2 amide bonds. The number of amides is 2. The molecule has 1 aromatic heterocycles. The topological polar surface area (TPSA) is 71.5 Å². The number of nitrogens with zero attached hydrogens (tertiary/aromatic N) is 2. The summed E-state index contributed by atoms with van der Waals surface area (Å²) in [4.78, 5) is 30.9. The highest BCUT2D eigenvalue weighted by Gasteiger charge is 2.52. The second kappa shape index (κ2) is 7.30. The molecule has 0 radical (unpaired) electrons. The van der Waals surface area contributed by atoms with E-state index in [4.69, 9.17) is 4.74 Å². The quantitative estimate of drug-likeness (QED) is 0.854. The number of methoxy groups -OCH3 is 1. The van der Waals surface area contributed by atoms with Crippen molar-refractivity contribution in [3.8, 4) is 0 Å². The van der Waals surface area contributed by atoms with E-state index >= 15 is 0 Å². The Morgan fingerprint density at radius 3 is 2.71 bits per heavy atom. The number of carbonyl (C=O) groups excluding carboxylic acids is 2. The van der Waals surface area contributed by atoms with Crippen LogP contribution in [-0.4, -0.2) is 48.5 Å². The SMILES string of the molecule is COCC1(C(=O)N2CCC(C(=O)NCc3cccnc3)CC2)CC1. The molecule has 6 heteroatoms. The fourth-order valence-corrected chi connectivity index (χ4v) is 3.36. The number of likely N-dealkylation sites (tertiary alicyclic amines) is 1. The first kappa shape index (κ1) is 16.9. The second-order valence-electron chi connectivity index (χ2n) is 6.86. The molecule has 2 aliphatic rings. The zero-order chi connectivity index (χ0) is 17.0. The molecule has 0 aromatic carbocycles. The van der Waals surface area contributed by atoms with Gasteiger partial charge in [0, 0.05) is 45.1 Å². The van der Waals surface area contributed by atoms with Gasteiger partial charge in [-0.15, -0.1) is 0 Å². The predicted molar refractivity (Wildman–Crippen MR) is 88.9 cm³/mol. The van der Waals surface area contributed by atoms with Crippen LogP contribution in [0.15, 0.2) is 24.5 Å². The van der Waals surface area contributed by atoms with Gasteiger partial charge in [-0.3, -0.25) is 14.6 Å². The van der Waals surface area contributed by atoms with Crippen LogP contribution in [0.4, 0.5) is 0 Å². The lowest BCUT2D eigenvalue weighted by Crippen LogP contribution is -2.46. The maximum absolute atomic E-state index is 12.6. The van der Waals surface area contributed by atoms with Gasteiger partial charge in [-0.25, -0.2) is 0 Å². The van der Waals surface area contributed by atoms with Crippen molar-refractivity contribution < 1.29 is 14.3 Å². The van der Waals surface area contributed by atoms with E-state index < -0.39 is 0 Å². The summed E-state index contributed by atoms with van der Waals surface area (Å²) in [5.74, 6) is 0.269. The van der Waals surface area contributed by atoms with E-state index in [1.807, 2.05) is 17.0 Å².